The predicted molar refractivity (Wildman–Crippen MR) is 82.2 cm³/mol. The molecule has 1 aromatic rings. The predicted octanol–water partition coefficient (Wildman–Crippen LogP) is 5.02. The van der Waals surface area contributed by atoms with Crippen LogP contribution in [0.4, 0.5) is 48.3 Å². The van der Waals surface area contributed by atoms with Gasteiger partial charge < -0.3 is 9.84 Å². The largest absolute Gasteiger partial charge is 0.467 e. The summed E-state index contributed by atoms with van der Waals surface area (Å²) in [6.07, 6.45) is -11.8. The van der Waals surface area contributed by atoms with Crippen LogP contribution in [0.25, 0.3) is 0 Å². The van der Waals surface area contributed by atoms with Gasteiger partial charge in [0.15, 0.2) is 5.60 Å². The highest BCUT2D eigenvalue weighted by molar-refractivity contribution is 5.79. The van der Waals surface area contributed by atoms with Crippen molar-refractivity contribution < 1.29 is 62.9 Å². The molecule has 1 atom stereocenters. The highest BCUT2D eigenvalue weighted by Gasteiger charge is 2.87. The van der Waals surface area contributed by atoms with E-state index in [1.54, 1.807) is 0 Å². The van der Waals surface area contributed by atoms with E-state index in [-0.39, 0.29) is 5.56 Å². The first-order chi connectivity index (χ1) is 13.8. The number of alkyl halides is 11. The van der Waals surface area contributed by atoms with E-state index in [0.29, 0.717) is 7.11 Å². The third-order valence-electron chi connectivity index (χ3n) is 4.35. The molecule has 1 N–H and O–H groups in total. The van der Waals surface area contributed by atoms with Crippen molar-refractivity contribution in [3.8, 4) is 0 Å². The zero-order chi connectivity index (χ0) is 24.5. The molecule has 3 nitrogen and oxygen atoms in total. The second kappa shape index (κ2) is 8.43. The molecule has 178 valence electrons. The Balaban J connectivity index is 3.32. The number of carbonyl (C=O) groups is 1. The van der Waals surface area contributed by atoms with Gasteiger partial charge in [-0.3, -0.25) is 0 Å². The van der Waals surface area contributed by atoms with Gasteiger partial charge in [-0.2, -0.15) is 48.3 Å². The minimum Gasteiger partial charge on any atom is -0.467 e. The van der Waals surface area contributed by atoms with Crippen LogP contribution in [0, 0.1) is 0 Å². The Kier molecular flexibility index (Phi) is 7.32. The van der Waals surface area contributed by atoms with E-state index in [9.17, 15) is 58.2 Å². The molecule has 0 aromatic heterocycles. The Morgan fingerprint density at radius 2 is 1.32 bits per heavy atom. The van der Waals surface area contributed by atoms with E-state index >= 15 is 0 Å². The van der Waals surface area contributed by atoms with Crippen molar-refractivity contribution in [2.45, 2.75) is 54.7 Å². The topological polar surface area (TPSA) is 46.5 Å². The normalized spacial score (nSPS) is 16.0. The van der Waals surface area contributed by atoms with Crippen LogP contribution < -0.4 is 0 Å². The Morgan fingerprint density at radius 3 is 1.74 bits per heavy atom. The van der Waals surface area contributed by atoms with Gasteiger partial charge in [-0.1, -0.05) is 30.3 Å². The third-order valence-corrected chi connectivity index (χ3v) is 4.35. The molecular formula is C17H15F11O3. The number of methoxy groups -OCH3 is 1. The molecular weight excluding hydrogens is 461 g/mol. The minimum absolute atomic E-state index is 0.258. The molecule has 0 saturated carbocycles. The second-order valence-corrected chi connectivity index (χ2v) is 6.61. The van der Waals surface area contributed by atoms with Crippen molar-refractivity contribution in [2.24, 2.45) is 0 Å². The first-order valence-corrected chi connectivity index (χ1v) is 8.19. The van der Waals surface area contributed by atoms with Crippen molar-refractivity contribution in [2.75, 3.05) is 7.11 Å². The number of hydrogen-bond acceptors (Lipinski definition) is 3. The maximum Gasteiger partial charge on any atom is 0.460 e. The maximum atomic E-state index is 14.0. The fraction of sp³-hybridized carbons (Fsp3) is 0.588. The zero-order valence-electron chi connectivity index (χ0n) is 15.4. The average Bonchev–Trinajstić information content (AvgIpc) is 2.64. The number of esters is 1. The number of aliphatic hydroxyl groups is 1. The van der Waals surface area contributed by atoms with Crippen LogP contribution in [0.2, 0.25) is 0 Å². The lowest BCUT2D eigenvalue weighted by molar-refractivity contribution is -0.424. The Labute approximate surface area is 167 Å². The molecule has 0 spiro atoms. The summed E-state index contributed by atoms with van der Waals surface area (Å²) >= 11 is 0. The van der Waals surface area contributed by atoms with Crippen molar-refractivity contribution in [1.82, 2.24) is 0 Å². The van der Waals surface area contributed by atoms with E-state index in [1.807, 2.05) is 0 Å². The molecule has 14 heteroatoms. The van der Waals surface area contributed by atoms with Crippen molar-refractivity contribution in [3.63, 3.8) is 0 Å². The van der Waals surface area contributed by atoms with Gasteiger partial charge in [-0.25, -0.2) is 4.79 Å². The summed E-state index contributed by atoms with van der Waals surface area (Å²) in [4.78, 5) is 11.7. The summed E-state index contributed by atoms with van der Waals surface area (Å²) in [6, 6.07) is 7.06. The lowest BCUT2D eigenvalue weighted by Crippen LogP contribution is -2.67. The fourth-order valence-corrected chi connectivity index (χ4v) is 2.53. The SMILES string of the molecule is COC(=O)C(O)(CCc1ccccc1)CC(F)(F)C(F)(F)C(F)(F)C(F)(F)C(F)(F)F. The van der Waals surface area contributed by atoms with Gasteiger partial charge in [0.2, 0.25) is 0 Å². The number of benzene rings is 1. The number of carbonyl (C=O) groups excluding carboxylic acids is 1. The summed E-state index contributed by atoms with van der Waals surface area (Å²) in [6.45, 7) is 0. The monoisotopic (exact) mass is 476 g/mol. The molecule has 0 heterocycles. The van der Waals surface area contributed by atoms with Crippen LogP contribution in [-0.4, -0.2) is 53.7 Å². The smallest absolute Gasteiger partial charge is 0.460 e. The number of ether oxygens (including phenoxy) is 1. The van der Waals surface area contributed by atoms with E-state index < -0.39 is 60.7 Å². The van der Waals surface area contributed by atoms with Crippen LogP contribution >= 0.6 is 0 Å². The average molecular weight is 476 g/mol. The molecule has 1 aromatic carbocycles. The van der Waals surface area contributed by atoms with Crippen LogP contribution in [0.5, 0.6) is 0 Å². The van der Waals surface area contributed by atoms with Crippen LogP contribution in [0.15, 0.2) is 30.3 Å². The summed E-state index contributed by atoms with van der Waals surface area (Å²) in [5, 5.41) is 10.1. The van der Waals surface area contributed by atoms with Gasteiger partial charge >= 0.3 is 35.8 Å². The Hall–Kier alpha value is -2.12. The molecule has 0 amide bonds. The number of aryl methyl sites for hydroxylation is 1. The molecule has 1 rings (SSSR count). The molecule has 1 unspecified atom stereocenters. The van der Waals surface area contributed by atoms with Gasteiger partial charge in [-0.15, -0.1) is 0 Å². The molecule has 0 radical (unpaired) electrons. The van der Waals surface area contributed by atoms with Gasteiger partial charge in [0.25, 0.3) is 0 Å². The first kappa shape index (κ1) is 26.9. The second-order valence-electron chi connectivity index (χ2n) is 6.61. The first-order valence-electron chi connectivity index (χ1n) is 8.19. The van der Waals surface area contributed by atoms with E-state index in [0.717, 1.165) is 0 Å². The molecule has 0 bridgehead atoms. The minimum atomic E-state index is -7.63. The molecule has 0 fully saturated rings. The van der Waals surface area contributed by atoms with Crippen molar-refractivity contribution in [3.05, 3.63) is 35.9 Å². The number of rotatable bonds is 9. The Morgan fingerprint density at radius 1 is 0.839 bits per heavy atom. The molecule has 0 aliphatic heterocycles. The summed E-state index contributed by atoms with van der Waals surface area (Å²) in [7, 11) is 0.512. The van der Waals surface area contributed by atoms with Gasteiger partial charge in [0.1, 0.15) is 0 Å². The highest BCUT2D eigenvalue weighted by Crippen LogP contribution is 2.58. The molecule has 0 aliphatic carbocycles. The van der Waals surface area contributed by atoms with Crippen molar-refractivity contribution in [1.29, 1.82) is 0 Å². The highest BCUT2D eigenvalue weighted by atomic mass is 19.4. The standard InChI is InChI=1S/C17H15F11O3/c1-31-11(29)12(30,8-7-10-5-3-2-4-6-10)9-13(18,19)14(20,21)15(22,23)16(24,25)17(26,27)28/h2-6,30H,7-9H2,1H3. The summed E-state index contributed by atoms with van der Waals surface area (Å²) < 4.78 is 149. The fourth-order valence-electron chi connectivity index (χ4n) is 2.53. The van der Waals surface area contributed by atoms with E-state index in [1.165, 1.54) is 30.3 Å². The molecule has 31 heavy (non-hydrogen) atoms. The molecule has 0 saturated heterocycles. The molecule has 0 aliphatic rings. The number of halogens is 11. The van der Waals surface area contributed by atoms with Gasteiger partial charge in [0.05, 0.1) is 13.5 Å². The Bertz CT molecular complexity index is 762. The quantitative estimate of drug-likeness (QED) is 0.403. The van der Waals surface area contributed by atoms with Crippen LogP contribution in [-0.2, 0) is 16.0 Å². The zero-order valence-corrected chi connectivity index (χ0v) is 15.4. The van der Waals surface area contributed by atoms with E-state index in [2.05, 4.69) is 4.74 Å². The van der Waals surface area contributed by atoms with Crippen LogP contribution in [0.3, 0.4) is 0 Å². The van der Waals surface area contributed by atoms with E-state index in [4.69, 9.17) is 0 Å². The lowest BCUT2D eigenvalue weighted by Gasteiger charge is -2.39. The van der Waals surface area contributed by atoms with Gasteiger partial charge in [-0.05, 0) is 18.4 Å². The summed E-state index contributed by atoms with van der Waals surface area (Å²) in [5.41, 5.74) is -3.37. The third kappa shape index (κ3) is 4.88. The van der Waals surface area contributed by atoms with Crippen molar-refractivity contribution >= 4 is 5.97 Å². The van der Waals surface area contributed by atoms with Crippen LogP contribution in [0.1, 0.15) is 18.4 Å². The van der Waals surface area contributed by atoms with Gasteiger partial charge in [0, 0.05) is 0 Å². The number of hydrogen-bond donors (Lipinski definition) is 1. The summed E-state index contributed by atoms with van der Waals surface area (Å²) in [5.74, 6) is -30.9. The lowest BCUT2D eigenvalue weighted by atomic mass is 9.84. The maximum absolute atomic E-state index is 14.0.